The molecule has 0 bridgehead atoms. The van der Waals surface area contributed by atoms with Crippen molar-refractivity contribution in [3.63, 3.8) is 0 Å². The molecule has 1 aromatic carbocycles. The fourth-order valence-electron chi connectivity index (χ4n) is 1.61. The molecule has 20 heavy (non-hydrogen) atoms. The van der Waals surface area contributed by atoms with Crippen molar-refractivity contribution in [2.75, 3.05) is 26.9 Å². The van der Waals surface area contributed by atoms with Crippen molar-refractivity contribution in [2.45, 2.75) is 12.5 Å². The van der Waals surface area contributed by atoms with Crippen molar-refractivity contribution >= 4 is 6.03 Å². The summed E-state index contributed by atoms with van der Waals surface area (Å²) in [7, 11) is 1.44. The Morgan fingerprint density at radius 3 is 2.75 bits per heavy atom. The molecule has 0 saturated carbocycles. The van der Waals surface area contributed by atoms with E-state index in [1.165, 1.54) is 13.2 Å². The first kappa shape index (κ1) is 16.3. The second-order valence-electron chi connectivity index (χ2n) is 4.16. The highest BCUT2D eigenvalue weighted by atomic mass is 19.2. The number of methoxy groups -OCH3 is 1. The normalized spacial score (nSPS) is 12.0. The molecule has 0 aliphatic carbocycles. The molecule has 0 aliphatic heterocycles. The van der Waals surface area contributed by atoms with Crippen molar-refractivity contribution in [3.05, 3.63) is 35.4 Å². The zero-order valence-corrected chi connectivity index (χ0v) is 11.2. The van der Waals surface area contributed by atoms with Crippen LogP contribution >= 0.6 is 0 Å². The highest BCUT2D eigenvalue weighted by Gasteiger charge is 2.16. The summed E-state index contributed by atoms with van der Waals surface area (Å²) in [6.07, 6.45) is 0.438. The maximum atomic E-state index is 13.2. The summed E-state index contributed by atoms with van der Waals surface area (Å²) >= 11 is 0. The van der Waals surface area contributed by atoms with E-state index in [9.17, 15) is 13.6 Å². The molecule has 0 spiro atoms. The van der Waals surface area contributed by atoms with Crippen LogP contribution in [-0.2, 0) is 4.74 Å². The molecule has 7 heteroatoms. The third-order valence-electron chi connectivity index (χ3n) is 2.61. The average Bonchev–Trinajstić information content (AvgIpc) is 2.42. The van der Waals surface area contributed by atoms with Gasteiger partial charge in [0.25, 0.3) is 0 Å². The quantitative estimate of drug-likeness (QED) is 0.663. The van der Waals surface area contributed by atoms with Gasteiger partial charge in [0.1, 0.15) is 0 Å². The van der Waals surface area contributed by atoms with E-state index in [-0.39, 0.29) is 13.2 Å². The average molecular weight is 288 g/mol. The van der Waals surface area contributed by atoms with E-state index in [2.05, 4.69) is 10.6 Å². The Hall–Kier alpha value is -1.73. The number of carbonyl (C=O) groups excluding carboxylic acids is 1. The number of urea groups is 1. The molecule has 1 aromatic rings. The van der Waals surface area contributed by atoms with Crippen LogP contribution in [0.15, 0.2) is 18.2 Å². The summed E-state index contributed by atoms with van der Waals surface area (Å²) in [5, 5.41) is 13.7. The molecule has 0 heterocycles. The number of rotatable bonds is 7. The number of benzene rings is 1. The molecule has 112 valence electrons. The Morgan fingerprint density at radius 1 is 1.40 bits per heavy atom. The fourth-order valence-corrected chi connectivity index (χ4v) is 1.61. The van der Waals surface area contributed by atoms with Gasteiger partial charge in [-0.15, -0.1) is 0 Å². The molecular weight excluding hydrogens is 270 g/mol. The van der Waals surface area contributed by atoms with Gasteiger partial charge < -0.3 is 20.5 Å². The van der Waals surface area contributed by atoms with E-state index >= 15 is 0 Å². The second-order valence-corrected chi connectivity index (χ2v) is 4.16. The number of hydrogen-bond donors (Lipinski definition) is 3. The zero-order chi connectivity index (χ0) is 15.0. The van der Waals surface area contributed by atoms with Gasteiger partial charge in [-0.05, 0) is 24.1 Å². The summed E-state index contributed by atoms with van der Waals surface area (Å²) in [6.45, 7) is 0.420. The number of carbonyl (C=O) groups is 1. The smallest absolute Gasteiger partial charge is 0.315 e. The van der Waals surface area contributed by atoms with Crippen LogP contribution in [0.4, 0.5) is 13.6 Å². The van der Waals surface area contributed by atoms with E-state index < -0.39 is 23.7 Å². The first-order chi connectivity index (χ1) is 9.58. The number of amides is 2. The number of aliphatic hydroxyl groups excluding tert-OH is 1. The van der Waals surface area contributed by atoms with E-state index in [0.29, 0.717) is 18.5 Å². The van der Waals surface area contributed by atoms with Crippen LogP contribution in [0.5, 0.6) is 0 Å². The van der Waals surface area contributed by atoms with Crippen LogP contribution in [0.25, 0.3) is 0 Å². The SMILES string of the molecule is COCC(NC(=O)NCCCO)c1ccc(F)c(F)c1. The van der Waals surface area contributed by atoms with Gasteiger partial charge in [0.05, 0.1) is 12.6 Å². The van der Waals surface area contributed by atoms with Crippen LogP contribution in [0, 0.1) is 11.6 Å². The van der Waals surface area contributed by atoms with Gasteiger partial charge >= 0.3 is 6.03 Å². The number of halogens is 2. The minimum atomic E-state index is -0.980. The molecular formula is C13H18F2N2O3. The Bertz CT molecular complexity index is 444. The third-order valence-corrected chi connectivity index (χ3v) is 2.61. The van der Waals surface area contributed by atoms with Crippen molar-refractivity contribution < 1.29 is 23.4 Å². The molecule has 1 rings (SSSR count). The summed E-state index contributed by atoms with van der Waals surface area (Å²) in [5.74, 6) is -1.93. The standard InChI is InChI=1S/C13H18F2N2O3/c1-20-8-12(17-13(19)16-5-2-6-18)9-3-4-10(14)11(15)7-9/h3-4,7,12,18H,2,5-6,8H2,1H3,(H2,16,17,19). The van der Waals surface area contributed by atoms with Crippen LogP contribution in [0.2, 0.25) is 0 Å². The molecule has 5 nitrogen and oxygen atoms in total. The minimum absolute atomic E-state index is 0.0229. The highest BCUT2D eigenvalue weighted by molar-refractivity contribution is 5.74. The molecule has 1 atom stereocenters. The topological polar surface area (TPSA) is 70.6 Å². The minimum Gasteiger partial charge on any atom is -0.396 e. The monoisotopic (exact) mass is 288 g/mol. The Morgan fingerprint density at radius 2 is 2.15 bits per heavy atom. The zero-order valence-electron chi connectivity index (χ0n) is 11.2. The summed E-state index contributed by atoms with van der Waals surface area (Å²) < 4.78 is 31.0. The van der Waals surface area contributed by atoms with Gasteiger partial charge in [-0.1, -0.05) is 6.07 Å². The number of nitrogens with one attached hydrogen (secondary N) is 2. The number of hydrogen-bond acceptors (Lipinski definition) is 3. The lowest BCUT2D eigenvalue weighted by Crippen LogP contribution is -2.40. The van der Waals surface area contributed by atoms with Gasteiger partial charge in [-0.25, -0.2) is 13.6 Å². The Kier molecular flexibility index (Phi) is 6.89. The molecule has 2 amide bonds. The van der Waals surface area contributed by atoms with E-state index in [1.54, 1.807) is 0 Å². The lowest BCUT2D eigenvalue weighted by molar-refractivity contribution is 0.165. The van der Waals surface area contributed by atoms with Gasteiger partial charge in [-0.3, -0.25) is 0 Å². The van der Waals surface area contributed by atoms with Gasteiger partial charge in [0, 0.05) is 20.3 Å². The lowest BCUT2D eigenvalue weighted by atomic mass is 10.1. The maximum absolute atomic E-state index is 13.2. The number of aliphatic hydroxyl groups is 1. The van der Waals surface area contributed by atoms with Crippen molar-refractivity contribution in [1.29, 1.82) is 0 Å². The second kappa shape index (κ2) is 8.44. The predicted octanol–water partition coefficient (Wildman–Crippen LogP) is 1.33. The van der Waals surface area contributed by atoms with Crippen LogP contribution in [0.1, 0.15) is 18.0 Å². The fraction of sp³-hybridized carbons (Fsp3) is 0.462. The molecule has 0 aromatic heterocycles. The van der Waals surface area contributed by atoms with Crippen molar-refractivity contribution in [3.8, 4) is 0 Å². The molecule has 1 unspecified atom stereocenters. The van der Waals surface area contributed by atoms with E-state index in [0.717, 1.165) is 12.1 Å². The number of ether oxygens (including phenoxy) is 1. The third kappa shape index (κ3) is 5.10. The van der Waals surface area contributed by atoms with Crippen LogP contribution in [0.3, 0.4) is 0 Å². The summed E-state index contributed by atoms with van der Waals surface area (Å²) in [4.78, 5) is 11.6. The predicted molar refractivity (Wildman–Crippen MR) is 69.2 cm³/mol. The summed E-state index contributed by atoms with van der Waals surface area (Å²) in [5.41, 5.74) is 0.406. The maximum Gasteiger partial charge on any atom is 0.315 e. The summed E-state index contributed by atoms with van der Waals surface area (Å²) in [6, 6.07) is 2.34. The van der Waals surface area contributed by atoms with Crippen molar-refractivity contribution in [1.82, 2.24) is 10.6 Å². The molecule has 3 N–H and O–H groups in total. The van der Waals surface area contributed by atoms with Gasteiger partial charge in [0.15, 0.2) is 11.6 Å². The van der Waals surface area contributed by atoms with Gasteiger partial charge in [-0.2, -0.15) is 0 Å². The lowest BCUT2D eigenvalue weighted by Gasteiger charge is -2.19. The van der Waals surface area contributed by atoms with Crippen LogP contribution < -0.4 is 10.6 Å². The molecule has 0 aliphatic rings. The van der Waals surface area contributed by atoms with Crippen LogP contribution in [-0.4, -0.2) is 38.0 Å². The van der Waals surface area contributed by atoms with Crippen molar-refractivity contribution in [2.24, 2.45) is 0 Å². The van der Waals surface area contributed by atoms with E-state index in [4.69, 9.17) is 9.84 Å². The first-order valence-electron chi connectivity index (χ1n) is 6.17. The molecule has 0 saturated heterocycles. The Balaban J connectivity index is 2.67. The largest absolute Gasteiger partial charge is 0.396 e. The van der Waals surface area contributed by atoms with E-state index in [1.807, 2.05) is 0 Å². The molecule has 0 radical (unpaired) electrons. The first-order valence-corrected chi connectivity index (χ1v) is 6.17. The molecule has 0 fully saturated rings. The highest BCUT2D eigenvalue weighted by Crippen LogP contribution is 2.16. The van der Waals surface area contributed by atoms with Gasteiger partial charge in [0.2, 0.25) is 0 Å². The Labute approximate surface area is 115 Å².